The number of ether oxygens (including phenoxy) is 1. The Hall–Kier alpha value is -2.49. The van der Waals surface area contributed by atoms with Crippen LogP contribution >= 0.6 is 0 Å². The van der Waals surface area contributed by atoms with Crippen LogP contribution in [0, 0.1) is 0 Å². The Morgan fingerprint density at radius 1 is 0.935 bits per heavy atom. The normalized spacial score (nSPS) is 22.1. The van der Waals surface area contributed by atoms with E-state index in [1.54, 1.807) is 18.7 Å². The summed E-state index contributed by atoms with van der Waals surface area (Å²) in [4.78, 5) is 46.1. The molecule has 168 valence electrons. The zero-order chi connectivity index (χ0) is 22.0. The van der Waals surface area contributed by atoms with Crippen LogP contribution in [0.4, 0.5) is 11.4 Å². The Morgan fingerprint density at radius 3 is 2.26 bits per heavy atom. The van der Waals surface area contributed by atoms with Crippen LogP contribution in [0.25, 0.3) is 0 Å². The van der Waals surface area contributed by atoms with Gasteiger partial charge in [-0.3, -0.25) is 29.1 Å². The number of nitrogens with zero attached hydrogens (tertiary/aromatic N) is 4. The Balaban J connectivity index is 1.34. The first-order valence-corrected chi connectivity index (χ1v) is 10.9. The fraction of sp³-hybridized carbons (Fsp3) is 0.591. The molecule has 0 aromatic heterocycles. The van der Waals surface area contributed by atoms with Crippen molar-refractivity contribution in [3.63, 3.8) is 0 Å². The number of hydrogen-bond donors (Lipinski definition) is 1. The minimum Gasteiger partial charge on any atom is -0.379 e. The summed E-state index contributed by atoms with van der Waals surface area (Å²) in [6, 6.07) is 7.37. The summed E-state index contributed by atoms with van der Waals surface area (Å²) in [5.41, 5.74) is 0.400. The number of rotatable bonds is 4. The third-order valence-electron chi connectivity index (χ3n) is 6.30. The second-order valence-electron chi connectivity index (χ2n) is 8.80. The number of morpholine rings is 1. The van der Waals surface area contributed by atoms with Crippen molar-refractivity contribution in [3.05, 3.63) is 24.3 Å². The van der Waals surface area contributed by atoms with Gasteiger partial charge in [-0.1, -0.05) is 12.1 Å². The van der Waals surface area contributed by atoms with Crippen molar-refractivity contribution in [1.82, 2.24) is 14.7 Å². The van der Waals surface area contributed by atoms with Gasteiger partial charge >= 0.3 is 0 Å². The number of fused-ring (bicyclic) bond motifs is 1. The van der Waals surface area contributed by atoms with Crippen molar-refractivity contribution in [3.8, 4) is 0 Å². The van der Waals surface area contributed by atoms with Crippen LogP contribution in [0.1, 0.15) is 13.8 Å². The van der Waals surface area contributed by atoms with Crippen molar-refractivity contribution in [2.75, 3.05) is 75.8 Å². The molecule has 3 aliphatic heterocycles. The van der Waals surface area contributed by atoms with Gasteiger partial charge in [0.05, 0.1) is 37.7 Å². The SMILES string of the molecule is CC1(C)C(=O)Nc2ccccc2N1C(=O)CN1CCN(C(=O)CN2CCOCC2)CC1. The van der Waals surface area contributed by atoms with Gasteiger partial charge in [0.2, 0.25) is 17.7 Å². The van der Waals surface area contributed by atoms with Crippen LogP contribution in [-0.4, -0.2) is 104 Å². The van der Waals surface area contributed by atoms with E-state index >= 15 is 0 Å². The number of nitrogens with one attached hydrogen (secondary N) is 1. The monoisotopic (exact) mass is 429 g/mol. The maximum absolute atomic E-state index is 13.3. The van der Waals surface area contributed by atoms with E-state index in [1.165, 1.54) is 0 Å². The molecule has 1 N–H and O–H groups in total. The van der Waals surface area contributed by atoms with Gasteiger partial charge in [0.15, 0.2) is 0 Å². The third-order valence-corrected chi connectivity index (χ3v) is 6.30. The van der Waals surface area contributed by atoms with Gasteiger partial charge in [-0.15, -0.1) is 0 Å². The molecule has 9 heteroatoms. The lowest BCUT2D eigenvalue weighted by atomic mass is 9.96. The summed E-state index contributed by atoms with van der Waals surface area (Å²) in [5.74, 6) is -0.172. The highest BCUT2D eigenvalue weighted by Crippen LogP contribution is 2.36. The summed E-state index contributed by atoms with van der Waals surface area (Å²) in [7, 11) is 0. The molecule has 0 radical (unpaired) electrons. The van der Waals surface area contributed by atoms with Crippen molar-refractivity contribution >= 4 is 29.1 Å². The first kappa shape index (κ1) is 21.7. The first-order valence-electron chi connectivity index (χ1n) is 10.9. The lowest BCUT2D eigenvalue weighted by Crippen LogP contribution is -2.61. The summed E-state index contributed by atoms with van der Waals surface area (Å²) < 4.78 is 5.34. The second-order valence-corrected chi connectivity index (χ2v) is 8.80. The number of amides is 3. The van der Waals surface area contributed by atoms with Crippen LogP contribution in [-0.2, 0) is 19.1 Å². The molecule has 0 atom stereocenters. The number of anilines is 2. The van der Waals surface area contributed by atoms with E-state index in [0.29, 0.717) is 51.6 Å². The zero-order valence-corrected chi connectivity index (χ0v) is 18.3. The molecular formula is C22H31N5O4. The minimum atomic E-state index is -0.971. The van der Waals surface area contributed by atoms with Gasteiger partial charge < -0.3 is 15.0 Å². The molecule has 31 heavy (non-hydrogen) atoms. The van der Waals surface area contributed by atoms with E-state index in [9.17, 15) is 14.4 Å². The summed E-state index contributed by atoms with van der Waals surface area (Å²) in [6.07, 6.45) is 0. The Labute approximate surface area is 182 Å². The molecule has 3 heterocycles. The molecule has 9 nitrogen and oxygen atoms in total. The Kier molecular flexibility index (Phi) is 6.27. The van der Waals surface area contributed by atoms with Crippen LogP contribution < -0.4 is 10.2 Å². The fourth-order valence-electron chi connectivity index (χ4n) is 4.37. The number of carbonyl (C=O) groups excluding carboxylic acids is 3. The van der Waals surface area contributed by atoms with E-state index in [1.807, 2.05) is 29.2 Å². The lowest BCUT2D eigenvalue weighted by molar-refractivity contribution is -0.135. The standard InChI is InChI=1S/C22H31N5O4/c1-22(2)21(30)23-17-5-3-4-6-18(17)27(22)20(29)16-24-7-9-26(10-8-24)19(28)15-25-11-13-31-14-12-25/h3-6H,7-16H2,1-2H3,(H,23,30). The summed E-state index contributed by atoms with van der Waals surface area (Å²) in [5, 5.41) is 2.89. The van der Waals surface area contributed by atoms with E-state index in [-0.39, 0.29) is 24.3 Å². The third kappa shape index (κ3) is 4.58. The average Bonchev–Trinajstić information content (AvgIpc) is 2.75. The number of benzene rings is 1. The topological polar surface area (TPSA) is 85.4 Å². The minimum absolute atomic E-state index is 0.111. The molecular weight excluding hydrogens is 398 g/mol. The molecule has 0 saturated carbocycles. The molecule has 3 aliphatic rings. The predicted molar refractivity (Wildman–Crippen MR) is 117 cm³/mol. The molecule has 2 fully saturated rings. The highest BCUT2D eigenvalue weighted by molar-refractivity contribution is 6.14. The molecule has 0 spiro atoms. The number of carbonyl (C=O) groups is 3. The molecule has 0 aliphatic carbocycles. The summed E-state index contributed by atoms with van der Waals surface area (Å²) in [6.45, 7) is 9.61. The zero-order valence-electron chi connectivity index (χ0n) is 18.3. The molecule has 1 aromatic rings. The molecule has 4 rings (SSSR count). The fourth-order valence-corrected chi connectivity index (χ4v) is 4.37. The maximum atomic E-state index is 13.3. The summed E-state index contributed by atoms with van der Waals surface area (Å²) >= 11 is 0. The average molecular weight is 430 g/mol. The van der Waals surface area contributed by atoms with Gasteiger partial charge in [0.1, 0.15) is 5.54 Å². The van der Waals surface area contributed by atoms with Crippen LogP contribution in [0.5, 0.6) is 0 Å². The largest absolute Gasteiger partial charge is 0.379 e. The van der Waals surface area contributed by atoms with Crippen molar-refractivity contribution < 1.29 is 19.1 Å². The highest BCUT2D eigenvalue weighted by atomic mass is 16.5. The molecule has 3 amide bonds. The predicted octanol–water partition coefficient (Wildman–Crippen LogP) is 0.227. The quantitative estimate of drug-likeness (QED) is 0.738. The van der Waals surface area contributed by atoms with Crippen molar-refractivity contribution in [2.24, 2.45) is 0 Å². The Bertz CT molecular complexity index is 844. The van der Waals surface area contributed by atoms with Crippen LogP contribution in [0.2, 0.25) is 0 Å². The van der Waals surface area contributed by atoms with Gasteiger partial charge in [-0.25, -0.2) is 0 Å². The number of piperazine rings is 1. The smallest absolute Gasteiger partial charge is 0.250 e. The van der Waals surface area contributed by atoms with Crippen molar-refractivity contribution in [1.29, 1.82) is 0 Å². The molecule has 0 unspecified atom stereocenters. The van der Waals surface area contributed by atoms with Gasteiger partial charge in [0.25, 0.3) is 0 Å². The Morgan fingerprint density at radius 2 is 1.55 bits per heavy atom. The van der Waals surface area contributed by atoms with E-state index in [2.05, 4.69) is 15.1 Å². The number of para-hydroxylation sites is 2. The molecule has 1 aromatic carbocycles. The van der Waals surface area contributed by atoms with E-state index in [4.69, 9.17) is 4.74 Å². The number of hydrogen-bond acceptors (Lipinski definition) is 6. The highest BCUT2D eigenvalue weighted by Gasteiger charge is 2.43. The molecule has 2 saturated heterocycles. The van der Waals surface area contributed by atoms with Crippen LogP contribution in [0.3, 0.4) is 0 Å². The first-order chi connectivity index (χ1) is 14.9. The van der Waals surface area contributed by atoms with Gasteiger partial charge in [-0.2, -0.15) is 0 Å². The lowest BCUT2D eigenvalue weighted by Gasteiger charge is -2.43. The van der Waals surface area contributed by atoms with Crippen LogP contribution in [0.15, 0.2) is 24.3 Å². The van der Waals surface area contributed by atoms with E-state index < -0.39 is 5.54 Å². The second kappa shape index (κ2) is 8.94. The molecule has 0 bridgehead atoms. The maximum Gasteiger partial charge on any atom is 0.250 e. The van der Waals surface area contributed by atoms with Gasteiger partial charge in [-0.05, 0) is 26.0 Å². The van der Waals surface area contributed by atoms with E-state index in [0.717, 1.165) is 18.8 Å². The van der Waals surface area contributed by atoms with Gasteiger partial charge in [0, 0.05) is 39.3 Å². The van der Waals surface area contributed by atoms with Crippen molar-refractivity contribution in [2.45, 2.75) is 19.4 Å².